The third-order valence-corrected chi connectivity index (χ3v) is 4.22. The van der Waals surface area contributed by atoms with E-state index in [4.69, 9.17) is 0 Å². The summed E-state index contributed by atoms with van der Waals surface area (Å²) in [7, 11) is 0. The fourth-order valence-electron chi connectivity index (χ4n) is 2.16. The van der Waals surface area contributed by atoms with Gasteiger partial charge in [0.2, 0.25) is 0 Å². The molecule has 0 N–H and O–H groups in total. The van der Waals surface area contributed by atoms with Crippen LogP contribution in [-0.4, -0.2) is 0 Å². The van der Waals surface area contributed by atoms with Crippen LogP contribution >= 0.6 is 11.3 Å². The van der Waals surface area contributed by atoms with Gasteiger partial charge >= 0.3 is 0 Å². The van der Waals surface area contributed by atoms with Gasteiger partial charge in [0.1, 0.15) is 0 Å². The zero-order valence-electron chi connectivity index (χ0n) is 8.11. The molecule has 66 valence electrons. The van der Waals surface area contributed by atoms with Crippen LogP contribution in [0.25, 0.3) is 0 Å². The van der Waals surface area contributed by atoms with Crippen LogP contribution in [0.4, 0.5) is 0 Å². The predicted molar refractivity (Wildman–Crippen MR) is 55.2 cm³/mol. The summed E-state index contributed by atoms with van der Waals surface area (Å²) in [4.78, 5) is 3.23. The molecule has 12 heavy (non-hydrogen) atoms. The molecule has 1 aliphatic carbocycles. The van der Waals surface area contributed by atoms with Crippen molar-refractivity contribution >= 4 is 11.3 Å². The Kier molecular flexibility index (Phi) is 1.99. The Morgan fingerprint density at radius 1 is 1.17 bits per heavy atom. The Morgan fingerprint density at radius 2 is 1.83 bits per heavy atom. The molecular weight excluding hydrogens is 164 g/mol. The lowest BCUT2D eigenvalue weighted by atomic mass is 10.1. The first kappa shape index (κ1) is 8.31. The van der Waals surface area contributed by atoms with Crippen LogP contribution in [0.15, 0.2) is 0 Å². The molecule has 0 aliphatic heterocycles. The maximum Gasteiger partial charge on any atom is 0.0108 e. The number of hydrogen-bond acceptors (Lipinski definition) is 1. The summed E-state index contributed by atoms with van der Waals surface area (Å²) in [5.74, 6) is 0.732. The lowest BCUT2D eigenvalue weighted by Crippen LogP contribution is -1.87. The second-order valence-electron chi connectivity index (χ2n) is 3.99. The van der Waals surface area contributed by atoms with Crippen LogP contribution in [0.3, 0.4) is 0 Å². The SMILES string of the molecule is Cc1sc(C(C)C)c2c1CCC2. The Hall–Kier alpha value is -0.300. The van der Waals surface area contributed by atoms with Gasteiger partial charge in [-0.05, 0) is 43.2 Å². The molecule has 0 fully saturated rings. The Labute approximate surface area is 78.6 Å². The molecule has 0 saturated heterocycles. The fourth-order valence-corrected chi connectivity index (χ4v) is 3.42. The van der Waals surface area contributed by atoms with Crippen molar-refractivity contribution in [3.63, 3.8) is 0 Å². The monoisotopic (exact) mass is 180 g/mol. The molecule has 0 saturated carbocycles. The Morgan fingerprint density at radius 3 is 2.50 bits per heavy atom. The van der Waals surface area contributed by atoms with Gasteiger partial charge in [-0.1, -0.05) is 13.8 Å². The van der Waals surface area contributed by atoms with E-state index in [1.54, 1.807) is 20.9 Å². The quantitative estimate of drug-likeness (QED) is 0.618. The highest BCUT2D eigenvalue weighted by Crippen LogP contribution is 2.38. The first-order valence-electron chi connectivity index (χ1n) is 4.81. The molecule has 1 aromatic heterocycles. The summed E-state index contributed by atoms with van der Waals surface area (Å²) >= 11 is 2.02. The summed E-state index contributed by atoms with van der Waals surface area (Å²) in [5.41, 5.74) is 3.39. The van der Waals surface area contributed by atoms with Crippen molar-refractivity contribution in [2.24, 2.45) is 0 Å². The highest BCUT2D eigenvalue weighted by atomic mass is 32.1. The highest BCUT2D eigenvalue weighted by molar-refractivity contribution is 7.12. The van der Waals surface area contributed by atoms with Gasteiger partial charge in [-0.3, -0.25) is 0 Å². The molecule has 1 heteroatoms. The topological polar surface area (TPSA) is 0 Å². The predicted octanol–water partition coefficient (Wildman–Crippen LogP) is 3.67. The first-order chi connectivity index (χ1) is 5.70. The smallest absolute Gasteiger partial charge is 0.0108 e. The van der Waals surface area contributed by atoms with E-state index in [1.165, 1.54) is 19.3 Å². The summed E-state index contributed by atoms with van der Waals surface area (Å²) in [6.07, 6.45) is 4.07. The minimum atomic E-state index is 0.732. The molecule has 1 aliphatic rings. The number of aryl methyl sites for hydroxylation is 1. The molecule has 0 aromatic carbocycles. The van der Waals surface area contributed by atoms with Crippen LogP contribution in [0.1, 0.15) is 47.1 Å². The van der Waals surface area contributed by atoms with Crippen molar-refractivity contribution in [1.29, 1.82) is 0 Å². The third-order valence-electron chi connectivity index (χ3n) is 2.73. The number of fused-ring (bicyclic) bond motifs is 1. The zero-order chi connectivity index (χ0) is 8.72. The van der Waals surface area contributed by atoms with Crippen molar-refractivity contribution < 1.29 is 0 Å². The van der Waals surface area contributed by atoms with Crippen molar-refractivity contribution in [2.75, 3.05) is 0 Å². The Balaban J connectivity index is 2.51. The summed E-state index contributed by atoms with van der Waals surface area (Å²) in [6.45, 7) is 6.90. The number of rotatable bonds is 1. The Bertz CT molecular complexity index is 294. The van der Waals surface area contributed by atoms with E-state index < -0.39 is 0 Å². The average molecular weight is 180 g/mol. The molecule has 0 atom stereocenters. The van der Waals surface area contributed by atoms with Crippen molar-refractivity contribution in [3.05, 3.63) is 20.9 Å². The molecule has 0 amide bonds. The minimum Gasteiger partial charge on any atom is -0.145 e. The minimum absolute atomic E-state index is 0.732. The van der Waals surface area contributed by atoms with E-state index in [9.17, 15) is 0 Å². The van der Waals surface area contributed by atoms with Gasteiger partial charge in [-0.2, -0.15) is 0 Å². The van der Waals surface area contributed by atoms with E-state index in [2.05, 4.69) is 20.8 Å². The van der Waals surface area contributed by atoms with E-state index in [-0.39, 0.29) is 0 Å². The van der Waals surface area contributed by atoms with Crippen molar-refractivity contribution in [2.45, 2.75) is 46.0 Å². The molecule has 1 aromatic rings. The third kappa shape index (κ3) is 1.11. The van der Waals surface area contributed by atoms with Crippen LogP contribution in [0.5, 0.6) is 0 Å². The van der Waals surface area contributed by atoms with Crippen LogP contribution in [0.2, 0.25) is 0 Å². The van der Waals surface area contributed by atoms with Gasteiger partial charge in [0.25, 0.3) is 0 Å². The normalized spacial score (nSPS) is 15.7. The second-order valence-corrected chi connectivity index (χ2v) is 5.24. The maximum absolute atomic E-state index is 2.31. The van der Waals surface area contributed by atoms with Gasteiger partial charge in [-0.25, -0.2) is 0 Å². The first-order valence-corrected chi connectivity index (χ1v) is 5.63. The maximum atomic E-state index is 2.31. The van der Waals surface area contributed by atoms with Crippen LogP contribution in [-0.2, 0) is 12.8 Å². The highest BCUT2D eigenvalue weighted by Gasteiger charge is 2.21. The lowest BCUT2D eigenvalue weighted by Gasteiger charge is -2.02. The standard InChI is InChI=1S/C11H16S/c1-7(2)11-10-6-4-5-9(10)8(3)12-11/h7H,4-6H2,1-3H3. The molecular formula is C11H16S. The van der Waals surface area contributed by atoms with E-state index in [0.717, 1.165) is 5.92 Å². The molecule has 0 bridgehead atoms. The van der Waals surface area contributed by atoms with Gasteiger partial charge in [0.15, 0.2) is 0 Å². The molecule has 0 spiro atoms. The van der Waals surface area contributed by atoms with E-state index in [0.29, 0.717) is 0 Å². The van der Waals surface area contributed by atoms with Gasteiger partial charge in [-0.15, -0.1) is 11.3 Å². The van der Waals surface area contributed by atoms with Crippen molar-refractivity contribution in [1.82, 2.24) is 0 Å². The largest absolute Gasteiger partial charge is 0.145 e. The van der Waals surface area contributed by atoms with Gasteiger partial charge < -0.3 is 0 Å². The lowest BCUT2D eigenvalue weighted by molar-refractivity contribution is 0.856. The molecule has 2 rings (SSSR count). The van der Waals surface area contributed by atoms with E-state index >= 15 is 0 Å². The van der Waals surface area contributed by atoms with E-state index in [1.807, 2.05) is 11.3 Å². The molecule has 0 nitrogen and oxygen atoms in total. The number of hydrogen-bond donors (Lipinski definition) is 0. The fraction of sp³-hybridized carbons (Fsp3) is 0.636. The van der Waals surface area contributed by atoms with Gasteiger partial charge in [0.05, 0.1) is 0 Å². The average Bonchev–Trinajstić information content (AvgIpc) is 2.53. The summed E-state index contributed by atoms with van der Waals surface area (Å²) < 4.78 is 0. The van der Waals surface area contributed by atoms with Crippen LogP contribution in [0, 0.1) is 6.92 Å². The summed E-state index contributed by atoms with van der Waals surface area (Å²) in [6, 6.07) is 0. The molecule has 0 unspecified atom stereocenters. The van der Waals surface area contributed by atoms with Crippen molar-refractivity contribution in [3.8, 4) is 0 Å². The molecule has 1 heterocycles. The molecule has 0 radical (unpaired) electrons. The zero-order valence-corrected chi connectivity index (χ0v) is 8.92. The van der Waals surface area contributed by atoms with Crippen LogP contribution < -0.4 is 0 Å². The second kappa shape index (κ2) is 2.88. The summed E-state index contributed by atoms with van der Waals surface area (Å²) in [5, 5.41) is 0. The van der Waals surface area contributed by atoms with Gasteiger partial charge in [0, 0.05) is 9.75 Å². The number of thiophene rings is 1.